The van der Waals surface area contributed by atoms with Crippen LogP contribution in [-0.2, 0) is 0 Å². The number of H-pyrrole nitrogens is 1. The van der Waals surface area contributed by atoms with Gasteiger partial charge in [0, 0.05) is 16.6 Å². The second-order valence-electron chi connectivity index (χ2n) is 4.19. The summed E-state index contributed by atoms with van der Waals surface area (Å²) in [7, 11) is 0. The number of nitrogens with zero attached hydrogens (tertiary/aromatic N) is 1. The SMILES string of the molecule is Nc1ccc(-c2n[nH]c(=O)c3ccccc23)c(Cl)c1. The number of aromatic nitrogens is 2. The lowest BCUT2D eigenvalue weighted by Gasteiger charge is -2.07. The van der Waals surface area contributed by atoms with Gasteiger partial charge in [0.25, 0.3) is 5.56 Å². The number of rotatable bonds is 1. The van der Waals surface area contributed by atoms with Crippen molar-refractivity contribution < 1.29 is 0 Å². The van der Waals surface area contributed by atoms with E-state index in [-0.39, 0.29) is 5.56 Å². The Balaban J connectivity index is 2.37. The van der Waals surface area contributed by atoms with Gasteiger partial charge in [-0.3, -0.25) is 4.79 Å². The Morgan fingerprint density at radius 1 is 1.11 bits per heavy atom. The zero-order valence-electron chi connectivity index (χ0n) is 9.85. The highest BCUT2D eigenvalue weighted by molar-refractivity contribution is 6.33. The normalized spacial score (nSPS) is 10.8. The highest BCUT2D eigenvalue weighted by Crippen LogP contribution is 2.31. The predicted molar refractivity (Wildman–Crippen MR) is 77.2 cm³/mol. The summed E-state index contributed by atoms with van der Waals surface area (Å²) in [4.78, 5) is 11.7. The van der Waals surface area contributed by atoms with Gasteiger partial charge < -0.3 is 5.73 Å². The Hall–Kier alpha value is -2.33. The molecule has 0 bridgehead atoms. The molecule has 3 N–H and O–H groups in total. The van der Waals surface area contributed by atoms with Crippen LogP contribution in [0.3, 0.4) is 0 Å². The molecule has 0 saturated heterocycles. The number of hydrogen-bond donors (Lipinski definition) is 2. The van der Waals surface area contributed by atoms with Crippen molar-refractivity contribution >= 4 is 28.1 Å². The zero-order valence-corrected chi connectivity index (χ0v) is 10.6. The van der Waals surface area contributed by atoms with Crippen LogP contribution >= 0.6 is 11.6 Å². The van der Waals surface area contributed by atoms with E-state index in [4.69, 9.17) is 17.3 Å². The number of hydrogen-bond acceptors (Lipinski definition) is 3. The summed E-state index contributed by atoms with van der Waals surface area (Å²) in [5.41, 5.74) is 7.43. The van der Waals surface area contributed by atoms with E-state index in [1.165, 1.54) is 0 Å². The Labute approximate surface area is 113 Å². The molecule has 3 aromatic rings. The number of nitrogens with one attached hydrogen (secondary N) is 1. The smallest absolute Gasteiger partial charge is 0.272 e. The maximum absolute atomic E-state index is 11.7. The fraction of sp³-hybridized carbons (Fsp3) is 0. The molecule has 94 valence electrons. The molecule has 0 saturated carbocycles. The number of fused-ring (bicyclic) bond motifs is 1. The summed E-state index contributed by atoms with van der Waals surface area (Å²) in [5, 5.41) is 8.44. The number of nitrogens with two attached hydrogens (primary N) is 1. The van der Waals surface area contributed by atoms with Crippen LogP contribution < -0.4 is 11.3 Å². The summed E-state index contributed by atoms with van der Waals surface area (Å²) in [6.45, 7) is 0. The molecule has 0 radical (unpaired) electrons. The number of anilines is 1. The molecule has 19 heavy (non-hydrogen) atoms. The van der Waals surface area contributed by atoms with Crippen molar-refractivity contribution in [2.24, 2.45) is 0 Å². The van der Waals surface area contributed by atoms with E-state index in [1.54, 1.807) is 24.3 Å². The summed E-state index contributed by atoms with van der Waals surface area (Å²) in [5.74, 6) is 0. The largest absolute Gasteiger partial charge is 0.399 e. The van der Waals surface area contributed by atoms with Gasteiger partial charge in [-0.15, -0.1) is 0 Å². The molecule has 0 fully saturated rings. The third kappa shape index (κ3) is 1.96. The summed E-state index contributed by atoms with van der Waals surface area (Å²) in [6, 6.07) is 12.5. The number of nitrogen functional groups attached to an aromatic ring is 1. The Morgan fingerprint density at radius 2 is 1.84 bits per heavy atom. The second-order valence-corrected chi connectivity index (χ2v) is 4.59. The minimum absolute atomic E-state index is 0.217. The molecule has 0 spiro atoms. The lowest BCUT2D eigenvalue weighted by Crippen LogP contribution is -2.09. The molecule has 4 nitrogen and oxygen atoms in total. The standard InChI is InChI=1S/C14H10ClN3O/c15-12-7-8(16)5-6-11(12)13-9-3-1-2-4-10(9)14(19)18-17-13/h1-7H,16H2,(H,18,19). The second kappa shape index (κ2) is 4.40. The van der Waals surface area contributed by atoms with Gasteiger partial charge in [-0.05, 0) is 24.3 Å². The first-order valence-electron chi connectivity index (χ1n) is 5.69. The maximum Gasteiger partial charge on any atom is 0.272 e. The van der Waals surface area contributed by atoms with Crippen molar-refractivity contribution in [1.82, 2.24) is 10.2 Å². The molecule has 0 aliphatic carbocycles. The third-order valence-corrected chi connectivity index (χ3v) is 3.26. The molecule has 1 aromatic heterocycles. The number of benzene rings is 2. The van der Waals surface area contributed by atoms with Crippen LogP contribution in [0.2, 0.25) is 5.02 Å². The number of halogens is 1. The minimum atomic E-state index is -0.217. The van der Waals surface area contributed by atoms with Gasteiger partial charge in [-0.1, -0.05) is 29.8 Å². The fourth-order valence-electron chi connectivity index (χ4n) is 2.04. The Bertz CT molecular complexity index is 826. The van der Waals surface area contributed by atoms with Crippen molar-refractivity contribution in [3.05, 3.63) is 57.8 Å². The van der Waals surface area contributed by atoms with Crippen molar-refractivity contribution in [2.75, 3.05) is 5.73 Å². The summed E-state index contributed by atoms with van der Waals surface area (Å²) < 4.78 is 0. The van der Waals surface area contributed by atoms with E-state index in [0.29, 0.717) is 21.8 Å². The zero-order chi connectivity index (χ0) is 13.4. The fourth-order valence-corrected chi connectivity index (χ4v) is 2.32. The number of aromatic amines is 1. The van der Waals surface area contributed by atoms with E-state index in [1.807, 2.05) is 18.2 Å². The molecule has 5 heteroatoms. The molecule has 0 unspecified atom stereocenters. The first-order valence-corrected chi connectivity index (χ1v) is 6.07. The maximum atomic E-state index is 11.7. The first-order chi connectivity index (χ1) is 9.16. The van der Waals surface area contributed by atoms with Crippen molar-refractivity contribution in [1.29, 1.82) is 0 Å². The quantitative estimate of drug-likeness (QED) is 0.669. The molecular formula is C14H10ClN3O. The van der Waals surface area contributed by atoms with E-state index in [9.17, 15) is 4.79 Å². The van der Waals surface area contributed by atoms with Crippen LogP contribution in [0.1, 0.15) is 0 Å². The van der Waals surface area contributed by atoms with Crippen LogP contribution in [0, 0.1) is 0 Å². The monoisotopic (exact) mass is 271 g/mol. The molecule has 1 heterocycles. The topological polar surface area (TPSA) is 71.8 Å². The lowest BCUT2D eigenvalue weighted by molar-refractivity contribution is 1.02. The average molecular weight is 272 g/mol. The molecule has 0 aliphatic heterocycles. The van der Waals surface area contributed by atoms with E-state index in [0.717, 1.165) is 10.9 Å². The van der Waals surface area contributed by atoms with E-state index < -0.39 is 0 Å². The summed E-state index contributed by atoms with van der Waals surface area (Å²) in [6.07, 6.45) is 0. The van der Waals surface area contributed by atoms with Crippen LogP contribution in [0.5, 0.6) is 0 Å². The highest BCUT2D eigenvalue weighted by Gasteiger charge is 2.11. The van der Waals surface area contributed by atoms with Gasteiger partial charge in [0.05, 0.1) is 10.4 Å². The third-order valence-electron chi connectivity index (χ3n) is 2.94. The van der Waals surface area contributed by atoms with E-state index >= 15 is 0 Å². The average Bonchev–Trinajstić information content (AvgIpc) is 2.41. The van der Waals surface area contributed by atoms with Crippen LogP contribution in [0.4, 0.5) is 5.69 Å². The van der Waals surface area contributed by atoms with Gasteiger partial charge in [0.15, 0.2) is 0 Å². The van der Waals surface area contributed by atoms with Gasteiger partial charge in [0.2, 0.25) is 0 Å². The Morgan fingerprint density at radius 3 is 2.58 bits per heavy atom. The van der Waals surface area contributed by atoms with Gasteiger partial charge in [0.1, 0.15) is 5.69 Å². The highest BCUT2D eigenvalue weighted by atomic mass is 35.5. The van der Waals surface area contributed by atoms with Crippen molar-refractivity contribution in [2.45, 2.75) is 0 Å². The Kier molecular flexibility index (Phi) is 2.72. The molecular weight excluding hydrogens is 262 g/mol. The van der Waals surface area contributed by atoms with Crippen LogP contribution in [0.15, 0.2) is 47.3 Å². The van der Waals surface area contributed by atoms with Crippen molar-refractivity contribution in [3.8, 4) is 11.3 Å². The van der Waals surface area contributed by atoms with E-state index in [2.05, 4.69) is 10.2 Å². The molecule has 0 atom stereocenters. The van der Waals surface area contributed by atoms with Crippen LogP contribution in [-0.4, -0.2) is 10.2 Å². The van der Waals surface area contributed by atoms with Crippen molar-refractivity contribution in [3.63, 3.8) is 0 Å². The lowest BCUT2D eigenvalue weighted by atomic mass is 10.0. The van der Waals surface area contributed by atoms with Gasteiger partial charge in [-0.2, -0.15) is 5.10 Å². The molecule has 0 aliphatic rings. The molecule has 0 amide bonds. The molecule has 3 rings (SSSR count). The predicted octanol–water partition coefficient (Wildman–Crippen LogP) is 2.83. The van der Waals surface area contributed by atoms with Gasteiger partial charge in [-0.25, -0.2) is 5.10 Å². The van der Waals surface area contributed by atoms with Crippen LogP contribution in [0.25, 0.3) is 22.0 Å². The molecule has 2 aromatic carbocycles. The summed E-state index contributed by atoms with van der Waals surface area (Å²) >= 11 is 6.19. The first kappa shape index (κ1) is 11.7. The minimum Gasteiger partial charge on any atom is -0.399 e. The van der Waals surface area contributed by atoms with Gasteiger partial charge >= 0.3 is 0 Å².